The van der Waals surface area contributed by atoms with Gasteiger partial charge in [-0.25, -0.2) is 0 Å². The highest BCUT2D eigenvalue weighted by Gasteiger charge is 2.27. The highest BCUT2D eigenvalue weighted by molar-refractivity contribution is 5.80. The first-order valence-electron chi connectivity index (χ1n) is 9.44. The van der Waals surface area contributed by atoms with Gasteiger partial charge in [-0.3, -0.25) is 4.99 Å². The third kappa shape index (κ3) is 5.15. The minimum atomic E-state index is 0.767. The zero-order valence-corrected chi connectivity index (χ0v) is 15.0. The van der Waals surface area contributed by atoms with Gasteiger partial charge in [-0.1, -0.05) is 33.1 Å². The number of guanidine groups is 1. The average molecular weight is 309 g/mol. The van der Waals surface area contributed by atoms with Gasteiger partial charge in [-0.2, -0.15) is 0 Å². The van der Waals surface area contributed by atoms with E-state index in [-0.39, 0.29) is 0 Å². The first-order valence-corrected chi connectivity index (χ1v) is 9.44. The van der Waals surface area contributed by atoms with Crippen LogP contribution in [0.2, 0.25) is 0 Å². The van der Waals surface area contributed by atoms with Gasteiger partial charge in [0.1, 0.15) is 0 Å². The smallest absolute Gasteiger partial charge is 0.193 e. The van der Waals surface area contributed by atoms with Crippen LogP contribution in [0.25, 0.3) is 0 Å². The average Bonchev–Trinajstić information content (AvgIpc) is 3.01. The Morgan fingerprint density at radius 1 is 1.14 bits per heavy atom. The van der Waals surface area contributed by atoms with E-state index in [4.69, 9.17) is 0 Å². The molecule has 1 atom stereocenters. The van der Waals surface area contributed by atoms with Crippen LogP contribution in [0.3, 0.4) is 0 Å². The van der Waals surface area contributed by atoms with Crippen molar-refractivity contribution in [3.8, 4) is 0 Å². The fraction of sp³-hybridized carbons (Fsp3) is 0.944. The van der Waals surface area contributed by atoms with Crippen LogP contribution in [0, 0.1) is 11.8 Å². The van der Waals surface area contributed by atoms with E-state index in [2.05, 4.69) is 34.0 Å². The van der Waals surface area contributed by atoms with Crippen molar-refractivity contribution in [1.29, 1.82) is 0 Å². The van der Waals surface area contributed by atoms with Crippen LogP contribution in [0.1, 0.15) is 52.4 Å². The molecule has 1 N–H and O–H groups in total. The van der Waals surface area contributed by atoms with Crippen LogP contribution in [-0.4, -0.2) is 62.1 Å². The number of likely N-dealkylation sites (tertiary alicyclic amines) is 2. The molecule has 1 unspecified atom stereocenters. The maximum absolute atomic E-state index is 4.51. The number of nitrogens with zero attached hydrogens (tertiary/aromatic N) is 3. The molecule has 0 aromatic rings. The predicted molar refractivity (Wildman–Crippen MR) is 95.4 cm³/mol. The second-order valence-electron chi connectivity index (χ2n) is 7.07. The van der Waals surface area contributed by atoms with Crippen molar-refractivity contribution >= 4 is 5.96 Å². The van der Waals surface area contributed by atoms with E-state index < -0.39 is 0 Å². The molecule has 0 aromatic heterocycles. The van der Waals surface area contributed by atoms with Crippen molar-refractivity contribution in [1.82, 2.24) is 15.1 Å². The third-order valence-electron chi connectivity index (χ3n) is 5.47. The molecule has 4 heteroatoms. The Bertz CT molecular complexity index is 332. The van der Waals surface area contributed by atoms with Crippen molar-refractivity contribution in [2.24, 2.45) is 16.8 Å². The Morgan fingerprint density at radius 2 is 1.86 bits per heavy atom. The van der Waals surface area contributed by atoms with Gasteiger partial charge >= 0.3 is 0 Å². The van der Waals surface area contributed by atoms with Crippen molar-refractivity contribution in [2.45, 2.75) is 52.4 Å². The van der Waals surface area contributed by atoms with E-state index >= 15 is 0 Å². The highest BCUT2D eigenvalue weighted by atomic mass is 15.3. The number of aliphatic imine (C=N–C) groups is 1. The summed E-state index contributed by atoms with van der Waals surface area (Å²) in [5, 5.41) is 3.60. The topological polar surface area (TPSA) is 30.9 Å². The Balaban J connectivity index is 1.75. The van der Waals surface area contributed by atoms with E-state index in [1.54, 1.807) is 0 Å². The van der Waals surface area contributed by atoms with E-state index in [1.165, 1.54) is 71.2 Å². The molecule has 0 amide bonds. The molecule has 2 heterocycles. The fourth-order valence-electron chi connectivity index (χ4n) is 3.83. The monoisotopic (exact) mass is 308 g/mol. The van der Waals surface area contributed by atoms with Crippen LogP contribution in [0.5, 0.6) is 0 Å². The summed E-state index contributed by atoms with van der Waals surface area (Å²) < 4.78 is 0. The Kier molecular flexibility index (Phi) is 7.50. The predicted octanol–water partition coefficient (Wildman–Crippen LogP) is 2.81. The van der Waals surface area contributed by atoms with Gasteiger partial charge in [0.05, 0.1) is 0 Å². The third-order valence-corrected chi connectivity index (χ3v) is 5.47. The summed E-state index contributed by atoms with van der Waals surface area (Å²) in [5.41, 5.74) is 0. The molecule has 0 saturated carbocycles. The molecule has 128 valence electrons. The van der Waals surface area contributed by atoms with Crippen LogP contribution in [0.4, 0.5) is 0 Å². The molecule has 0 spiro atoms. The van der Waals surface area contributed by atoms with E-state index in [0.29, 0.717) is 0 Å². The number of piperidine rings is 1. The Hall–Kier alpha value is -0.770. The van der Waals surface area contributed by atoms with Crippen molar-refractivity contribution in [3.63, 3.8) is 0 Å². The van der Waals surface area contributed by atoms with Crippen molar-refractivity contribution < 1.29 is 0 Å². The molecular formula is C18H36N4. The number of rotatable bonds is 6. The van der Waals surface area contributed by atoms with Crippen LogP contribution in [0.15, 0.2) is 4.99 Å². The lowest BCUT2D eigenvalue weighted by atomic mass is 10.0. The molecule has 0 aromatic carbocycles. The zero-order valence-electron chi connectivity index (χ0n) is 15.0. The summed E-state index contributed by atoms with van der Waals surface area (Å²) in [4.78, 5) is 9.66. The second kappa shape index (κ2) is 9.39. The maximum Gasteiger partial charge on any atom is 0.193 e. The van der Waals surface area contributed by atoms with Crippen LogP contribution in [-0.2, 0) is 0 Å². The minimum Gasteiger partial charge on any atom is -0.356 e. The number of hydrogen-bond acceptors (Lipinski definition) is 2. The van der Waals surface area contributed by atoms with Gasteiger partial charge in [-0.05, 0) is 44.2 Å². The molecule has 0 radical (unpaired) electrons. The Labute approximate surface area is 137 Å². The van der Waals surface area contributed by atoms with Gasteiger partial charge in [0.25, 0.3) is 0 Å². The van der Waals surface area contributed by atoms with Crippen molar-refractivity contribution in [3.05, 3.63) is 0 Å². The van der Waals surface area contributed by atoms with Gasteiger partial charge in [0.15, 0.2) is 5.96 Å². The largest absolute Gasteiger partial charge is 0.356 e. The van der Waals surface area contributed by atoms with E-state index in [9.17, 15) is 0 Å². The SMILES string of the molecule is CCC(CC)CNC(=NC)N1CCC(CN2CCCCC2)C1. The van der Waals surface area contributed by atoms with Gasteiger partial charge < -0.3 is 15.1 Å². The minimum absolute atomic E-state index is 0.767. The van der Waals surface area contributed by atoms with E-state index in [0.717, 1.165) is 24.3 Å². The molecule has 0 aliphatic carbocycles. The molecular weight excluding hydrogens is 272 g/mol. The van der Waals surface area contributed by atoms with Gasteiger partial charge in [-0.15, -0.1) is 0 Å². The summed E-state index contributed by atoms with van der Waals surface area (Å²) >= 11 is 0. The van der Waals surface area contributed by atoms with Crippen LogP contribution >= 0.6 is 0 Å². The summed E-state index contributed by atoms with van der Waals surface area (Å²) in [5.74, 6) is 2.71. The molecule has 4 nitrogen and oxygen atoms in total. The highest BCUT2D eigenvalue weighted by Crippen LogP contribution is 2.20. The molecule has 0 bridgehead atoms. The molecule has 2 aliphatic rings. The summed E-state index contributed by atoms with van der Waals surface area (Å²) in [7, 11) is 1.92. The molecule has 22 heavy (non-hydrogen) atoms. The normalized spacial score (nSPS) is 24.3. The summed E-state index contributed by atoms with van der Waals surface area (Å²) in [6.45, 7) is 11.9. The molecule has 2 aliphatic heterocycles. The maximum atomic E-state index is 4.51. The second-order valence-corrected chi connectivity index (χ2v) is 7.07. The van der Waals surface area contributed by atoms with Crippen LogP contribution < -0.4 is 5.32 Å². The lowest BCUT2D eigenvalue weighted by Crippen LogP contribution is -2.42. The summed E-state index contributed by atoms with van der Waals surface area (Å²) in [6.07, 6.45) is 8.04. The lowest BCUT2D eigenvalue weighted by molar-refractivity contribution is 0.198. The summed E-state index contributed by atoms with van der Waals surface area (Å²) in [6, 6.07) is 0. The standard InChI is InChI=1S/C18H36N4/c1-4-16(5-2)13-20-18(19-3)22-12-9-17(15-22)14-21-10-7-6-8-11-21/h16-17H,4-15H2,1-3H3,(H,19,20). The number of nitrogens with one attached hydrogen (secondary N) is 1. The lowest BCUT2D eigenvalue weighted by Gasteiger charge is -2.29. The van der Waals surface area contributed by atoms with E-state index in [1.807, 2.05) is 7.05 Å². The number of hydrogen-bond donors (Lipinski definition) is 1. The van der Waals surface area contributed by atoms with Gasteiger partial charge in [0, 0.05) is 33.2 Å². The zero-order chi connectivity index (χ0) is 15.8. The first-order chi connectivity index (χ1) is 10.8. The first kappa shape index (κ1) is 17.6. The molecule has 2 saturated heterocycles. The quantitative estimate of drug-likeness (QED) is 0.605. The fourth-order valence-corrected chi connectivity index (χ4v) is 3.83. The van der Waals surface area contributed by atoms with Crippen molar-refractivity contribution in [2.75, 3.05) is 46.3 Å². The molecule has 2 fully saturated rings. The Morgan fingerprint density at radius 3 is 2.50 bits per heavy atom. The van der Waals surface area contributed by atoms with Gasteiger partial charge in [0.2, 0.25) is 0 Å². The molecule has 2 rings (SSSR count).